The van der Waals surface area contributed by atoms with E-state index in [1.165, 1.54) is 24.8 Å². The summed E-state index contributed by atoms with van der Waals surface area (Å²) in [5, 5.41) is 10.5. The summed E-state index contributed by atoms with van der Waals surface area (Å²) in [6, 6.07) is 0. The van der Waals surface area contributed by atoms with Crippen LogP contribution in [0.3, 0.4) is 0 Å². The highest BCUT2D eigenvalue weighted by atomic mass is 16.5. The predicted octanol–water partition coefficient (Wildman–Crippen LogP) is 3.85. The second kappa shape index (κ2) is 5.08. The van der Waals surface area contributed by atoms with Crippen LogP contribution in [-0.4, -0.2) is 24.1 Å². The number of hydrogen-bond acceptors (Lipinski definition) is 3. The Kier molecular flexibility index (Phi) is 3.46. The molecule has 6 atom stereocenters. The maximum atomic E-state index is 12.2. The molecule has 0 aromatic heterocycles. The van der Waals surface area contributed by atoms with E-state index in [1.54, 1.807) is 7.11 Å². The summed E-state index contributed by atoms with van der Waals surface area (Å²) < 4.78 is 5.53. The SMILES string of the molecule is COC1=C2CC[C@H]3[C@@H]4CC[C@H](O)[C@@]4(C)CC[C@@H]3[C@@]2(C)CCC1=O. The quantitative estimate of drug-likeness (QED) is 0.798. The molecule has 3 nitrogen and oxygen atoms in total. The summed E-state index contributed by atoms with van der Waals surface area (Å²) in [5.41, 5.74) is 1.57. The topological polar surface area (TPSA) is 46.5 Å². The highest BCUT2D eigenvalue weighted by Crippen LogP contribution is 2.65. The zero-order valence-electron chi connectivity index (χ0n) is 14.7. The van der Waals surface area contributed by atoms with E-state index in [9.17, 15) is 9.90 Å². The molecule has 0 amide bonds. The van der Waals surface area contributed by atoms with E-state index in [-0.39, 0.29) is 22.7 Å². The van der Waals surface area contributed by atoms with Gasteiger partial charge in [0.05, 0.1) is 13.2 Å². The minimum absolute atomic E-state index is 0.110. The van der Waals surface area contributed by atoms with E-state index < -0.39 is 0 Å². The van der Waals surface area contributed by atoms with E-state index in [4.69, 9.17) is 4.74 Å². The Morgan fingerprint density at radius 1 is 1.04 bits per heavy atom. The molecular formula is C20H30O3. The lowest BCUT2D eigenvalue weighted by Gasteiger charge is -2.57. The van der Waals surface area contributed by atoms with E-state index in [2.05, 4.69) is 13.8 Å². The van der Waals surface area contributed by atoms with Crippen molar-refractivity contribution >= 4 is 5.78 Å². The third kappa shape index (κ3) is 1.95. The molecule has 0 aromatic rings. The molecule has 4 aliphatic carbocycles. The third-order valence-electron chi connectivity index (χ3n) is 8.23. The molecule has 0 heterocycles. The molecule has 23 heavy (non-hydrogen) atoms. The average molecular weight is 318 g/mol. The van der Waals surface area contributed by atoms with Gasteiger partial charge in [0.25, 0.3) is 0 Å². The minimum Gasteiger partial charge on any atom is -0.493 e. The molecule has 1 N–H and O–H groups in total. The number of rotatable bonds is 1. The number of Topliss-reactive ketones (excluding diaryl/α,β-unsaturated/α-hetero) is 1. The summed E-state index contributed by atoms with van der Waals surface area (Å²) in [7, 11) is 1.66. The number of aliphatic hydroxyl groups excluding tert-OH is 1. The molecule has 0 spiro atoms. The van der Waals surface area contributed by atoms with Crippen molar-refractivity contribution in [3.05, 3.63) is 11.3 Å². The molecule has 3 saturated carbocycles. The lowest BCUT2D eigenvalue weighted by Crippen LogP contribution is -2.51. The van der Waals surface area contributed by atoms with Crippen LogP contribution in [0.4, 0.5) is 0 Å². The number of ketones is 1. The number of hydrogen-bond donors (Lipinski definition) is 1. The fraction of sp³-hybridized carbons (Fsp3) is 0.850. The Labute approximate surface area is 139 Å². The first kappa shape index (κ1) is 15.7. The molecule has 0 saturated heterocycles. The van der Waals surface area contributed by atoms with E-state index >= 15 is 0 Å². The van der Waals surface area contributed by atoms with Crippen molar-refractivity contribution < 1.29 is 14.6 Å². The van der Waals surface area contributed by atoms with Crippen LogP contribution in [0.2, 0.25) is 0 Å². The Balaban J connectivity index is 1.72. The normalized spacial score (nSPS) is 49.5. The molecule has 3 fully saturated rings. The van der Waals surface area contributed by atoms with Crippen molar-refractivity contribution in [2.75, 3.05) is 7.11 Å². The first-order valence-electron chi connectivity index (χ1n) is 9.40. The van der Waals surface area contributed by atoms with Gasteiger partial charge in [0.1, 0.15) is 0 Å². The first-order valence-corrected chi connectivity index (χ1v) is 9.40. The summed E-state index contributed by atoms with van der Waals surface area (Å²) in [6.45, 7) is 4.71. The maximum absolute atomic E-state index is 12.2. The number of ether oxygens (including phenoxy) is 1. The first-order chi connectivity index (χ1) is 10.9. The van der Waals surface area contributed by atoms with Gasteiger partial charge in [-0.25, -0.2) is 0 Å². The minimum atomic E-state index is -0.110. The van der Waals surface area contributed by atoms with Crippen molar-refractivity contribution in [1.29, 1.82) is 0 Å². The molecule has 128 valence electrons. The van der Waals surface area contributed by atoms with Gasteiger partial charge in [-0.05, 0) is 79.1 Å². The Bertz CT molecular complexity index is 565. The van der Waals surface area contributed by atoms with Crippen molar-refractivity contribution in [2.45, 2.75) is 71.3 Å². The summed E-state index contributed by atoms with van der Waals surface area (Å²) in [5.74, 6) is 2.92. The monoisotopic (exact) mass is 318 g/mol. The Hall–Kier alpha value is -0.830. The fourth-order valence-corrected chi connectivity index (χ4v) is 6.88. The van der Waals surface area contributed by atoms with Crippen LogP contribution in [0.5, 0.6) is 0 Å². The van der Waals surface area contributed by atoms with Gasteiger partial charge in [0.15, 0.2) is 11.5 Å². The van der Waals surface area contributed by atoms with Crippen LogP contribution in [0.25, 0.3) is 0 Å². The van der Waals surface area contributed by atoms with Crippen molar-refractivity contribution in [3.63, 3.8) is 0 Å². The molecule has 0 bridgehead atoms. The van der Waals surface area contributed by atoms with Crippen molar-refractivity contribution in [3.8, 4) is 0 Å². The Morgan fingerprint density at radius 2 is 1.83 bits per heavy atom. The maximum Gasteiger partial charge on any atom is 0.197 e. The summed E-state index contributed by atoms with van der Waals surface area (Å²) in [6.07, 6.45) is 8.19. The van der Waals surface area contributed by atoms with Gasteiger partial charge in [-0.2, -0.15) is 0 Å². The number of allylic oxidation sites excluding steroid dienone is 1. The van der Waals surface area contributed by atoms with Crippen LogP contribution < -0.4 is 0 Å². The highest BCUT2D eigenvalue weighted by Gasteiger charge is 2.59. The largest absolute Gasteiger partial charge is 0.493 e. The molecule has 4 rings (SSSR count). The lowest BCUT2D eigenvalue weighted by molar-refractivity contribution is -0.123. The summed E-state index contributed by atoms with van der Waals surface area (Å²) >= 11 is 0. The van der Waals surface area contributed by atoms with Gasteiger partial charge >= 0.3 is 0 Å². The molecule has 0 aromatic carbocycles. The van der Waals surface area contributed by atoms with Gasteiger partial charge in [0, 0.05) is 6.42 Å². The third-order valence-corrected chi connectivity index (χ3v) is 8.23. The van der Waals surface area contributed by atoms with Gasteiger partial charge in [-0.1, -0.05) is 13.8 Å². The number of fused-ring (bicyclic) bond motifs is 5. The summed E-state index contributed by atoms with van der Waals surface area (Å²) in [4.78, 5) is 12.2. The standard InChI is InChI=1S/C20H30O3/c1-19-11-9-16(21)18(23-3)15(19)5-4-12-13-6-7-17(22)20(13,2)10-8-14(12)19/h12-14,17,22H,4-11H2,1-3H3/t12-,13-,14-,17-,19+,20-/m0/s1. The van der Waals surface area contributed by atoms with Crippen molar-refractivity contribution in [1.82, 2.24) is 0 Å². The molecule has 4 aliphatic rings. The van der Waals surface area contributed by atoms with Gasteiger partial charge in [-0.15, -0.1) is 0 Å². The zero-order chi connectivity index (χ0) is 16.4. The van der Waals surface area contributed by atoms with Crippen LogP contribution in [0.15, 0.2) is 11.3 Å². The van der Waals surface area contributed by atoms with Crippen LogP contribution in [-0.2, 0) is 9.53 Å². The van der Waals surface area contributed by atoms with Crippen LogP contribution >= 0.6 is 0 Å². The fourth-order valence-electron chi connectivity index (χ4n) is 6.88. The second-order valence-corrected chi connectivity index (χ2v) is 8.91. The van der Waals surface area contributed by atoms with Crippen LogP contribution in [0.1, 0.15) is 65.2 Å². The van der Waals surface area contributed by atoms with Gasteiger partial charge in [-0.3, -0.25) is 4.79 Å². The number of aliphatic hydroxyl groups is 1. The highest BCUT2D eigenvalue weighted by molar-refractivity contribution is 5.95. The predicted molar refractivity (Wildman–Crippen MR) is 88.7 cm³/mol. The number of methoxy groups -OCH3 is 1. The number of carbonyl (C=O) groups excluding carboxylic acids is 1. The van der Waals surface area contributed by atoms with E-state index in [0.29, 0.717) is 29.9 Å². The average Bonchev–Trinajstić information content (AvgIpc) is 2.83. The van der Waals surface area contributed by atoms with E-state index in [1.807, 2.05) is 0 Å². The second-order valence-electron chi connectivity index (χ2n) is 8.91. The van der Waals surface area contributed by atoms with Gasteiger partial charge < -0.3 is 9.84 Å². The molecular weight excluding hydrogens is 288 g/mol. The molecule has 0 radical (unpaired) electrons. The smallest absolute Gasteiger partial charge is 0.197 e. The molecule has 0 unspecified atom stereocenters. The lowest BCUT2D eigenvalue weighted by atomic mass is 9.47. The Morgan fingerprint density at radius 3 is 2.57 bits per heavy atom. The number of carbonyl (C=O) groups is 1. The zero-order valence-corrected chi connectivity index (χ0v) is 14.7. The van der Waals surface area contributed by atoms with Crippen LogP contribution in [0, 0.1) is 28.6 Å². The molecule has 3 heteroatoms. The van der Waals surface area contributed by atoms with Gasteiger partial charge in [0.2, 0.25) is 0 Å². The molecule has 0 aliphatic heterocycles. The van der Waals surface area contributed by atoms with Crippen molar-refractivity contribution in [2.24, 2.45) is 28.6 Å². The van der Waals surface area contributed by atoms with E-state index in [0.717, 1.165) is 25.7 Å².